The number of hydrogen-bond acceptors (Lipinski definition) is 3. The number of hydrogen-bond donors (Lipinski definition) is 2. The van der Waals surface area contributed by atoms with E-state index in [0.29, 0.717) is 12.6 Å². The SMILES string of the molecule is CNC(c1ccc(OC)c(C)c1C)C(C)(C)CCN. The van der Waals surface area contributed by atoms with Gasteiger partial charge in [-0.15, -0.1) is 0 Å². The van der Waals surface area contributed by atoms with Crippen LogP contribution in [0.1, 0.15) is 43.0 Å². The van der Waals surface area contributed by atoms with Crippen molar-refractivity contribution in [2.45, 2.75) is 40.2 Å². The molecule has 0 spiro atoms. The fourth-order valence-corrected chi connectivity index (χ4v) is 2.83. The van der Waals surface area contributed by atoms with E-state index in [-0.39, 0.29) is 5.41 Å². The molecule has 0 bridgehead atoms. The van der Waals surface area contributed by atoms with Crippen LogP contribution < -0.4 is 15.8 Å². The van der Waals surface area contributed by atoms with Crippen LogP contribution in [0.5, 0.6) is 5.75 Å². The van der Waals surface area contributed by atoms with Crippen LogP contribution in [0.4, 0.5) is 0 Å². The maximum Gasteiger partial charge on any atom is 0.122 e. The number of ether oxygens (including phenoxy) is 1. The second-order valence-electron chi connectivity index (χ2n) is 5.86. The third-order valence-electron chi connectivity index (χ3n) is 4.17. The molecule has 0 aliphatic carbocycles. The Balaban J connectivity index is 3.23. The molecule has 0 saturated carbocycles. The summed E-state index contributed by atoms with van der Waals surface area (Å²) in [7, 11) is 3.73. The Hall–Kier alpha value is -1.06. The fourth-order valence-electron chi connectivity index (χ4n) is 2.83. The van der Waals surface area contributed by atoms with Crippen LogP contribution in [0.15, 0.2) is 12.1 Å². The summed E-state index contributed by atoms with van der Waals surface area (Å²) >= 11 is 0. The lowest BCUT2D eigenvalue weighted by atomic mass is 9.76. The first-order valence-corrected chi connectivity index (χ1v) is 6.90. The summed E-state index contributed by atoms with van der Waals surface area (Å²) in [6.45, 7) is 9.51. The van der Waals surface area contributed by atoms with E-state index in [4.69, 9.17) is 10.5 Å². The molecule has 3 N–H and O–H groups in total. The average Bonchev–Trinajstić information content (AvgIpc) is 2.35. The van der Waals surface area contributed by atoms with E-state index in [1.807, 2.05) is 7.05 Å². The van der Waals surface area contributed by atoms with Crippen molar-refractivity contribution in [2.75, 3.05) is 20.7 Å². The Morgan fingerprint density at radius 3 is 2.37 bits per heavy atom. The van der Waals surface area contributed by atoms with Crippen molar-refractivity contribution in [1.82, 2.24) is 5.32 Å². The summed E-state index contributed by atoms with van der Waals surface area (Å²) < 4.78 is 5.39. The highest BCUT2D eigenvalue weighted by molar-refractivity contribution is 5.45. The molecule has 0 fully saturated rings. The van der Waals surface area contributed by atoms with Gasteiger partial charge in [0.25, 0.3) is 0 Å². The first-order chi connectivity index (χ1) is 8.88. The van der Waals surface area contributed by atoms with Gasteiger partial charge in [-0.3, -0.25) is 0 Å². The number of benzene rings is 1. The summed E-state index contributed by atoms with van der Waals surface area (Å²) in [6.07, 6.45) is 0.989. The van der Waals surface area contributed by atoms with Crippen LogP contribution in [-0.4, -0.2) is 20.7 Å². The van der Waals surface area contributed by atoms with Crippen molar-refractivity contribution < 1.29 is 4.74 Å². The van der Waals surface area contributed by atoms with Gasteiger partial charge in [0.05, 0.1) is 7.11 Å². The standard InChI is InChI=1S/C16H28N2O/c1-11-12(2)14(19-6)8-7-13(11)15(18-5)16(3,4)9-10-17/h7-8,15,18H,9-10,17H2,1-6H3. The van der Waals surface area contributed by atoms with Gasteiger partial charge in [-0.05, 0) is 62.0 Å². The molecular formula is C16H28N2O. The van der Waals surface area contributed by atoms with Gasteiger partial charge < -0.3 is 15.8 Å². The minimum atomic E-state index is 0.120. The smallest absolute Gasteiger partial charge is 0.122 e. The van der Waals surface area contributed by atoms with Crippen molar-refractivity contribution in [3.05, 3.63) is 28.8 Å². The van der Waals surface area contributed by atoms with E-state index < -0.39 is 0 Å². The number of rotatable bonds is 6. The fraction of sp³-hybridized carbons (Fsp3) is 0.625. The molecule has 0 heterocycles. The first-order valence-electron chi connectivity index (χ1n) is 6.90. The van der Waals surface area contributed by atoms with Gasteiger partial charge in [0.15, 0.2) is 0 Å². The molecule has 0 amide bonds. The third-order valence-corrected chi connectivity index (χ3v) is 4.17. The van der Waals surface area contributed by atoms with Gasteiger partial charge in [0.2, 0.25) is 0 Å². The minimum Gasteiger partial charge on any atom is -0.496 e. The monoisotopic (exact) mass is 264 g/mol. The number of methoxy groups -OCH3 is 1. The summed E-state index contributed by atoms with van der Waals surface area (Å²) in [5.41, 5.74) is 9.71. The Morgan fingerprint density at radius 1 is 1.26 bits per heavy atom. The van der Waals surface area contributed by atoms with Crippen molar-refractivity contribution >= 4 is 0 Å². The highest BCUT2D eigenvalue weighted by Crippen LogP contribution is 2.39. The predicted molar refractivity (Wildman–Crippen MR) is 81.7 cm³/mol. The Bertz CT molecular complexity index is 427. The normalized spacial score (nSPS) is 13.4. The van der Waals surface area contributed by atoms with E-state index in [1.165, 1.54) is 16.7 Å². The summed E-state index contributed by atoms with van der Waals surface area (Å²) in [6, 6.07) is 4.52. The van der Waals surface area contributed by atoms with Gasteiger partial charge >= 0.3 is 0 Å². The predicted octanol–water partition coefficient (Wildman–Crippen LogP) is 2.95. The van der Waals surface area contributed by atoms with E-state index >= 15 is 0 Å². The average molecular weight is 264 g/mol. The molecule has 1 atom stereocenters. The van der Waals surface area contributed by atoms with Crippen molar-refractivity contribution in [3.63, 3.8) is 0 Å². The number of nitrogens with one attached hydrogen (secondary N) is 1. The lowest BCUT2D eigenvalue weighted by Gasteiger charge is -2.35. The van der Waals surface area contributed by atoms with Gasteiger partial charge in [-0.1, -0.05) is 19.9 Å². The largest absolute Gasteiger partial charge is 0.496 e. The lowest BCUT2D eigenvalue weighted by Crippen LogP contribution is -2.34. The lowest BCUT2D eigenvalue weighted by molar-refractivity contribution is 0.238. The first kappa shape index (κ1) is 16.0. The zero-order valence-corrected chi connectivity index (χ0v) is 13.1. The Morgan fingerprint density at radius 2 is 1.89 bits per heavy atom. The van der Waals surface area contributed by atoms with Crippen LogP contribution in [0.2, 0.25) is 0 Å². The van der Waals surface area contributed by atoms with E-state index in [1.54, 1.807) is 7.11 Å². The zero-order chi connectivity index (χ0) is 14.6. The Kier molecular flexibility index (Phi) is 5.39. The minimum absolute atomic E-state index is 0.120. The molecule has 1 aromatic rings. The van der Waals surface area contributed by atoms with E-state index in [9.17, 15) is 0 Å². The third kappa shape index (κ3) is 3.28. The quantitative estimate of drug-likeness (QED) is 0.830. The van der Waals surface area contributed by atoms with Gasteiger partial charge in [0.1, 0.15) is 5.75 Å². The molecule has 0 aromatic heterocycles. The van der Waals surface area contributed by atoms with Crippen LogP contribution in [0, 0.1) is 19.3 Å². The highest BCUT2D eigenvalue weighted by atomic mass is 16.5. The molecule has 19 heavy (non-hydrogen) atoms. The van der Waals surface area contributed by atoms with Crippen LogP contribution in [0.3, 0.4) is 0 Å². The van der Waals surface area contributed by atoms with Crippen LogP contribution in [-0.2, 0) is 0 Å². The second-order valence-corrected chi connectivity index (χ2v) is 5.86. The summed E-state index contributed by atoms with van der Waals surface area (Å²) in [5, 5.41) is 3.45. The topological polar surface area (TPSA) is 47.3 Å². The molecule has 1 unspecified atom stereocenters. The van der Waals surface area contributed by atoms with Crippen LogP contribution in [0.25, 0.3) is 0 Å². The molecule has 0 aliphatic rings. The van der Waals surface area contributed by atoms with Crippen LogP contribution >= 0.6 is 0 Å². The van der Waals surface area contributed by atoms with Crippen molar-refractivity contribution in [2.24, 2.45) is 11.1 Å². The van der Waals surface area contributed by atoms with Crippen molar-refractivity contribution in [1.29, 1.82) is 0 Å². The van der Waals surface area contributed by atoms with E-state index in [2.05, 4.69) is 45.1 Å². The molecule has 0 radical (unpaired) electrons. The zero-order valence-electron chi connectivity index (χ0n) is 13.1. The van der Waals surface area contributed by atoms with Crippen molar-refractivity contribution in [3.8, 4) is 5.75 Å². The molecule has 3 nitrogen and oxygen atoms in total. The molecule has 1 rings (SSSR count). The van der Waals surface area contributed by atoms with Gasteiger partial charge in [-0.2, -0.15) is 0 Å². The molecular weight excluding hydrogens is 236 g/mol. The molecule has 0 saturated heterocycles. The number of nitrogens with two attached hydrogens (primary N) is 1. The highest BCUT2D eigenvalue weighted by Gasteiger charge is 2.30. The molecule has 1 aromatic carbocycles. The molecule has 3 heteroatoms. The maximum absolute atomic E-state index is 5.75. The maximum atomic E-state index is 5.75. The molecule has 0 aliphatic heterocycles. The second kappa shape index (κ2) is 6.40. The Labute approximate surface area is 117 Å². The summed E-state index contributed by atoms with van der Waals surface area (Å²) in [5.74, 6) is 0.952. The van der Waals surface area contributed by atoms with E-state index in [0.717, 1.165) is 12.2 Å². The van der Waals surface area contributed by atoms with Gasteiger partial charge in [-0.25, -0.2) is 0 Å². The summed E-state index contributed by atoms with van der Waals surface area (Å²) in [4.78, 5) is 0. The van der Waals surface area contributed by atoms with Gasteiger partial charge in [0, 0.05) is 6.04 Å². The molecule has 108 valence electrons.